The van der Waals surface area contributed by atoms with E-state index in [0.29, 0.717) is 5.69 Å². The third kappa shape index (κ3) is 3.61. The average Bonchev–Trinajstić information content (AvgIpc) is 2.29. The lowest BCUT2D eigenvalue weighted by Gasteiger charge is -2.06. The second-order valence-electron chi connectivity index (χ2n) is 3.14. The third-order valence-corrected chi connectivity index (χ3v) is 1.96. The number of methoxy groups -OCH3 is 1. The molecule has 0 aliphatic heterocycles. The van der Waals surface area contributed by atoms with Crippen molar-refractivity contribution in [2.45, 2.75) is 12.8 Å². The predicted octanol–water partition coefficient (Wildman–Crippen LogP) is 1.28. The molecule has 0 aliphatic rings. The third-order valence-electron chi connectivity index (χ3n) is 1.96. The Morgan fingerprint density at radius 2 is 2.00 bits per heavy atom. The molecule has 16 heavy (non-hydrogen) atoms. The van der Waals surface area contributed by atoms with Crippen LogP contribution in [0.1, 0.15) is 12.8 Å². The van der Waals surface area contributed by atoms with Crippen LogP contribution in [0.4, 0.5) is 5.69 Å². The van der Waals surface area contributed by atoms with Crippen molar-refractivity contribution in [1.29, 1.82) is 0 Å². The van der Waals surface area contributed by atoms with E-state index in [4.69, 9.17) is 0 Å². The lowest BCUT2D eigenvalue weighted by molar-refractivity contribution is -0.141. The molecule has 0 heterocycles. The maximum atomic E-state index is 11.4. The standard InChI is InChI=1S/C11H13NO4/c1-16-11(15)7-6-10(14)12-8-4-2-3-5-9(8)13/h2-5,13H,6-7H2,1H3,(H,12,14). The van der Waals surface area contributed by atoms with Gasteiger partial charge < -0.3 is 15.2 Å². The van der Waals surface area contributed by atoms with Gasteiger partial charge >= 0.3 is 5.97 Å². The Hall–Kier alpha value is -2.04. The van der Waals surface area contributed by atoms with Crippen LogP contribution in [0.3, 0.4) is 0 Å². The van der Waals surface area contributed by atoms with Gasteiger partial charge in [-0.1, -0.05) is 12.1 Å². The van der Waals surface area contributed by atoms with Crippen LogP contribution in [0.2, 0.25) is 0 Å². The molecule has 0 spiro atoms. The Labute approximate surface area is 93.0 Å². The summed E-state index contributed by atoms with van der Waals surface area (Å²) in [6, 6.07) is 6.39. The van der Waals surface area contributed by atoms with E-state index in [2.05, 4.69) is 10.1 Å². The van der Waals surface area contributed by atoms with E-state index in [1.807, 2.05) is 0 Å². The molecule has 0 saturated heterocycles. The SMILES string of the molecule is COC(=O)CCC(=O)Nc1ccccc1O. The molecule has 2 N–H and O–H groups in total. The molecule has 5 nitrogen and oxygen atoms in total. The predicted molar refractivity (Wildman–Crippen MR) is 58.0 cm³/mol. The van der Waals surface area contributed by atoms with Gasteiger partial charge in [-0.25, -0.2) is 0 Å². The smallest absolute Gasteiger partial charge is 0.306 e. The molecule has 86 valence electrons. The minimum atomic E-state index is -0.438. The average molecular weight is 223 g/mol. The number of rotatable bonds is 4. The van der Waals surface area contributed by atoms with Crippen LogP contribution in [-0.2, 0) is 14.3 Å². The van der Waals surface area contributed by atoms with Crippen LogP contribution in [0, 0.1) is 0 Å². The highest BCUT2D eigenvalue weighted by Gasteiger charge is 2.08. The Balaban J connectivity index is 2.46. The van der Waals surface area contributed by atoms with Gasteiger partial charge in [0.25, 0.3) is 0 Å². The van der Waals surface area contributed by atoms with Crippen molar-refractivity contribution >= 4 is 17.6 Å². The zero-order valence-electron chi connectivity index (χ0n) is 8.90. The van der Waals surface area contributed by atoms with Crippen molar-refractivity contribution < 1.29 is 19.4 Å². The number of hydrogen-bond donors (Lipinski definition) is 2. The van der Waals surface area contributed by atoms with Crippen molar-refractivity contribution in [3.8, 4) is 5.75 Å². The first kappa shape index (κ1) is 12.0. The van der Waals surface area contributed by atoms with Crippen molar-refractivity contribution in [3.05, 3.63) is 24.3 Å². The molecule has 0 aliphatic carbocycles. The molecule has 5 heteroatoms. The number of esters is 1. The van der Waals surface area contributed by atoms with E-state index < -0.39 is 5.97 Å². The summed E-state index contributed by atoms with van der Waals surface area (Å²) in [7, 11) is 1.27. The summed E-state index contributed by atoms with van der Waals surface area (Å²) < 4.78 is 4.41. The maximum Gasteiger partial charge on any atom is 0.306 e. The van der Waals surface area contributed by atoms with Crippen molar-refractivity contribution in [1.82, 2.24) is 0 Å². The highest BCUT2D eigenvalue weighted by Crippen LogP contribution is 2.21. The summed E-state index contributed by atoms with van der Waals surface area (Å²) in [6.45, 7) is 0. The Morgan fingerprint density at radius 1 is 1.31 bits per heavy atom. The first-order valence-corrected chi connectivity index (χ1v) is 4.78. The lowest BCUT2D eigenvalue weighted by Crippen LogP contribution is -2.13. The molecule has 0 bridgehead atoms. The first-order valence-electron chi connectivity index (χ1n) is 4.78. The number of carbonyl (C=O) groups excluding carboxylic acids is 2. The number of phenols is 1. The second kappa shape index (κ2) is 5.75. The minimum Gasteiger partial charge on any atom is -0.506 e. The molecule has 1 amide bonds. The van der Waals surface area contributed by atoms with Crippen LogP contribution < -0.4 is 5.32 Å². The molecule has 0 atom stereocenters. The largest absolute Gasteiger partial charge is 0.506 e. The van der Waals surface area contributed by atoms with Gasteiger partial charge in [0.2, 0.25) is 5.91 Å². The molecule has 1 aromatic rings. The van der Waals surface area contributed by atoms with Gasteiger partial charge in [-0.2, -0.15) is 0 Å². The summed E-state index contributed by atoms with van der Waals surface area (Å²) in [5, 5.41) is 11.9. The molecule has 0 fully saturated rings. The van der Waals surface area contributed by atoms with Gasteiger partial charge in [0.05, 0.1) is 19.2 Å². The van der Waals surface area contributed by atoms with Gasteiger partial charge in [-0.15, -0.1) is 0 Å². The molecular weight excluding hydrogens is 210 g/mol. The zero-order chi connectivity index (χ0) is 12.0. The van der Waals surface area contributed by atoms with Gasteiger partial charge in [-0.3, -0.25) is 9.59 Å². The molecule has 0 aromatic heterocycles. The van der Waals surface area contributed by atoms with Crippen molar-refractivity contribution in [3.63, 3.8) is 0 Å². The molecule has 0 unspecified atom stereocenters. The van der Waals surface area contributed by atoms with Crippen LogP contribution in [-0.4, -0.2) is 24.1 Å². The first-order chi connectivity index (χ1) is 7.63. The second-order valence-corrected chi connectivity index (χ2v) is 3.14. The summed E-state index contributed by atoms with van der Waals surface area (Å²) in [5.74, 6) is -0.784. The van der Waals surface area contributed by atoms with E-state index in [9.17, 15) is 14.7 Å². The monoisotopic (exact) mass is 223 g/mol. The van der Waals surface area contributed by atoms with Crippen LogP contribution in [0.25, 0.3) is 0 Å². The molecule has 1 rings (SSSR count). The summed E-state index contributed by atoms with van der Waals surface area (Å²) in [6.07, 6.45) is 0.0525. The van der Waals surface area contributed by atoms with Gasteiger partial charge in [0.15, 0.2) is 0 Å². The van der Waals surface area contributed by atoms with E-state index in [0.717, 1.165) is 0 Å². The summed E-state index contributed by atoms with van der Waals surface area (Å²) in [4.78, 5) is 22.1. The minimum absolute atomic E-state index is 0.00563. The number of ether oxygens (including phenoxy) is 1. The molecule has 1 aromatic carbocycles. The maximum absolute atomic E-state index is 11.4. The Morgan fingerprint density at radius 3 is 2.62 bits per heavy atom. The Bertz CT molecular complexity index is 389. The van der Waals surface area contributed by atoms with Gasteiger partial charge in [-0.05, 0) is 12.1 Å². The highest BCUT2D eigenvalue weighted by molar-refractivity contribution is 5.93. The fourth-order valence-corrected chi connectivity index (χ4v) is 1.11. The van der Waals surface area contributed by atoms with Crippen LogP contribution in [0.5, 0.6) is 5.75 Å². The highest BCUT2D eigenvalue weighted by atomic mass is 16.5. The number of aromatic hydroxyl groups is 1. The number of amides is 1. The van der Waals surface area contributed by atoms with E-state index in [-0.39, 0.29) is 24.5 Å². The number of nitrogens with one attached hydrogen (secondary N) is 1. The van der Waals surface area contributed by atoms with E-state index >= 15 is 0 Å². The summed E-state index contributed by atoms with van der Waals surface area (Å²) >= 11 is 0. The topological polar surface area (TPSA) is 75.6 Å². The molecule has 0 radical (unpaired) electrons. The van der Waals surface area contributed by atoms with Crippen molar-refractivity contribution in [2.75, 3.05) is 12.4 Å². The molecular formula is C11H13NO4. The zero-order valence-corrected chi connectivity index (χ0v) is 8.90. The fraction of sp³-hybridized carbons (Fsp3) is 0.273. The fourth-order valence-electron chi connectivity index (χ4n) is 1.11. The Kier molecular flexibility index (Phi) is 4.32. The van der Waals surface area contributed by atoms with Gasteiger partial charge in [0.1, 0.15) is 5.75 Å². The lowest BCUT2D eigenvalue weighted by atomic mass is 10.2. The number of phenolic OH excluding ortho intramolecular Hbond substituents is 1. The normalized spacial score (nSPS) is 9.56. The number of carbonyl (C=O) groups is 2. The van der Waals surface area contributed by atoms with Crippen LogP contribution in [0.15, 0.2) is 24.3 Å². The van der Waals surface area contributed by atoms with Crippen molar-refractivity contribution in [2.24, 2.45) is 0 Å². The number of benzene rings is 1. The quantitative estimate of drug-likeness (QED) is 0.595. The van der Waals surface area contributed by atoms with Gasteiger partial charge in [0, 0.05) is 6.42 Å². The van der Waals surface area contributed by atoms with E-state index in [1.54, 1.807) is 18.2 Å². The van der Waals surface area contributed by atoms with Crippen LogP contribution >= 0.6 is 0 Å². The number of para-hydroxylation sites is 2. The summed E-state index contributed by atoms with van der Waals surface area (Å²) in [5.41, 5.74) is 0.331. The number of anilines is 1. The number of hydrogen-bond acceptors (Lipinski definition) is 4. The molecule has 0 saturated carbocycles. The van der Waals surface area contributed by atoms with E-state index in [1.165, 1.54) is 13.2 Å².